The Morgan fingerprint density at radius 3 is 2.87 bits per heavy atom. The molecule has 7 heteroatoms. The van der Waals surface area contributed by atoms with E-state index in [4.69, 9.17) is 13.9 Å². The average molecular weight is 312 g/mol. The number of nitrogens with zero attached hydrogens (tertiary/aromatic N) is 3. The van der Waals surface area contributed by atoms with Crippen LogP contribution < -0.4 is 14.8 Å². The molecule has 1 aromatic carbocycles. The summed E-state index contributed by atoms with van der Waals surface area (Å²) in [4.78, 5) is 0. The third-order valence-electron chi connectivity index (χ3n) is 3.70. The first kappa shape index (κ1) is 13.7. The molecule has 1 atom stereocenters. The number of hydrogen-bond acceptors (Lipinski definition) is 6. The Kier molecular flexibility index (Phi) is 3.38. The maximum absolute atomic E-state index is 5.85. The molecular formula is C16H16N4O3. The quantitative estimate of drug-likeness (QED) is 0.798. The van der Waals surface area contributed by atoms with E-state index >= 15 is 0 Å². The second-order valence-corrected chi connectivity index (χ2v) is 5.27. The summed E-state index contributed by atoms with van der Waals surface area (Å²) in [5.74, 6) is 1.81. The van der Waals surface area contributed by atoms with Gasteiger partial charge < -0.3 is 23.8 Å². The molecular weight excluding hydrogens is 296 g/mol. The number of benzene rings is 1. The molecule has 1 aliphatic heterocycles. The van der Waals surface area contributed by atoms with Crippen molar-refractivity contribution >= 4 is 6.01 Å². The zero-order chi connectivity index (χ0) is 15.6. The summed E-state index contributed by atoms with van der Waals surface area (Å²) in [6.45, 7) is 0.951. The van der Waals surface area contributed by atoms with Gasteiger partial charge in [0, 0.05) is 18.9 Å². The summed E-state index contributed by atoms with van der Waals surface area (Å²) < 4.78 is 19.2. The number of aromatic nitrogens is 3. The van der Waals surface area contributed by atoms with Gasteiger partial charge in [0.05, 0.1) is 6.54 Å². The molecule has 4 rings (SSSR count). The zero-order valence-electron chi connectivity index (χ0n) is 12.6. The number of rotatable bonds is 4. The molecule has 1 N–H and O–H groups in total. The lowest BCUT2D eigenvalue weighted by atomic mass is 10.2. The Bertz CT molecular complexity index is 811. The third kappa shape index (κ3) is 2.73. The number of anilines is 1. The van der Waals surface area contributed by atoms with Gasteiger partial charge in [0.15, 0.2) is 11.5 Å². The molecule has 0 aliphatic carbocycles. The highest BCUT2D eigenvalue weighted by Gasteiger charge is 2.27. The van der Waals surface area contributed by atoms with E-state index in [1.807, 2.05) is 54.2 Å². The number of para-hydroxylation sites is 2. The largest absolute Gasteiger partial charge is 0.485 e. The smallest absolute Gasteiger partial charge is 0.315 e. The Morgan fingerprint density at radius 1 is 1.17 bits per heavy atom. The van der Waals surface area contributed by atoms with Crippen molar-refractivity contribution in [2.45, 2.75) is 12.6 Å². The van der Waals surface area contributed by atoms with Gasteiger partial charge in [-0.25, -0.2) is 0 Å². The van der Waals surface area contributed by atoms with E-state index in [2.05, 4.69) is 15.5 Å². The van der Waals surface area contributed by atoms with Crippen LogP contribution in [0.5, 0.6) is 11.5 Å². The summed E-state index contributed by atoms with van der Waals surface area (Å²) in [6.07, 6.45) is 1.59. The molecule has 0 fully saturated rings. The van der Waals surface area contributed by atoms with Crippen molar-refractivity contribution in [1.82, 2.24) is 14.8 Å². The van der Waals surface area contributed by atoms with Crippen LogP contribution in [0, 0.1) is 0 Å². The lowest BCUT2D eigenvalue weighted by molar-refractivity contribution is 0.0717. The van der Waals surface area contributed by atoms with E-state index in [0.29, 0.717) is 30.8 Å². The first-order valence-corrected chi connectivity index (χ1v) is 7.35. The van der Waals surface area contributed by atoms with Crippen molar-refractivity contribution in [2.75, 3.05) is 11.9 Å². The molecule has 3 aromatic rings. The molecule has 0 saturated carbocycles. The summed E-state index contributed by atoms with van der Waals surface area (Å²) in [5.41, 5.74) is 1.12. The molecule has 0 radical (unpaired) electrons. The van der Waals surface area contributed by atoms with Crippen molar-refractivity contribution in [1.29, 1.82) is 0 Å². The van der Waals surface area contributed by atoms with Gasteiger partial charge in [0.2, 0.25) is 6.10 Å². The van der Waals surface area contributed by atoms with E-state index in [1.165, 1.54) is 0 Å². The Labute approximate surface area is 132 Å². The Morgan fingerprint density at radius 2 is 2.04 bits per heavy atom. The van der Waals surface area contributed by atoms with Crippen molar-refractivity contribution in [3.8, 4) is 11.5 Å². The highest BCUT2D eigenvalue weighted by Crippen LogP contribution is 2.35. The summed E-state index contributed by atoms with van der Waals surface area (Å²) in [6, 6.07) is 11.9. The summed E-state index contributed by atoms with van der Waals surface area (Å²) in [7, 11) is 1.99. The van der Waals surface area contributed by atoms with Gasteiger partial charge in [0.1, 0.15) is 6.61 Å². The first-order chi connectivity index (χ1) is 11.3. The van der Waals surface area contributed by atoms with Crippen molar-refractivity contribution in [2.24, 2.45) is 7.05 Å². The standard InChI is InChI=1S/C16H16N4O3/c1-20-8-4-5-11(20)9-17-16-19-18-15(23-16)14-10-21-12-6-2-3-7-13(12)22-14/h2-8,14H,9-10H2,1H3,(H,17,19)/t14-/m1/s1. The third-order valence-corrected chi connectivity index (χ3v) is 3.70. The highest BCUT2D eigenvalue weighted by molar-refractivity contribution is 5.41. The fourth-order valence-electron chi connectivity index (χ4n) is 2.42. The van der Waals surface area contributed by atoms with Gasteiger partial charge in [-0.15, -0.1) is 5.10 Å². The topological polar surface area (TPSA) is 74.3 Å². The monoisotopic (exact) mass is 312 g/mol. The number of hydrogen-bond donors (Lipinski definition) is 1. The van der Waals surface area contributed by atoms with Gasteiger partial charge >= 0.3 is 6.01 Å². The Balaban J connectivity index is 1.43. The number of fused-ring (bicyclic) bond motifs is 1. The maximum Gasteiger partial charge on any atom is 0.315 e. The van der Waals surface area contributed by atoms with Gasteiger partial charge in [-0.1, -0.05) is 17.2 Å². The molecule has 2 aromatic heterocycles. The fourth-order valence-corrected chi connectivity index (χ4v) is 2.42. The minimum absolute atomic E-state index is 0.344. The van der Waals surface area contributed by atoms with Crippen LogP contribution in [0.2, 0.25) is 0 Å². The minimum Gasteiger partial charge on any atom is -0.485 e. The maximum atomic E-state index is 5.85. The van der Waals surface area contributed by atoms with Gasteiger partial charge in [-0.05, 0) is 24.3 Å². The fraction of sp³-hybridized carbons (Fsp3) is 0.250. The molecule has 0 spiro atoms. The molecule has 118 valence electrons. The van der Waals surface area contributed by atoms with E-state index < -0.39 is 6.10 Å². The highest BCUT2D eigenvalue weighted by atomic mass is 16.6. The molecule has 7 nitrogen and oxygen atoms in total. The minimum atomic E-state index is -0.400. The predicted octanol–water partition coefficient (Wildman–Crippen LogP) is 2.53. The van der Waals surface area contributed by atoms with Crippen LogP contribution in [-0.2, 0) is 13.6 Å². The van der Waals surface area contributed by atoms with Gasteiger partial charge in [-0.2, -0.15) is 0 Å². The van der Waals surface area contributed by atoms with E-state index in [-0.39, 0.29) is 0 Å². The molecule has 23 heavy (non-hydrogen) atoms. The van der Waals surface area contributed by atoms with Crippen LogP contribution in [0.4, 0.5) is 6.01 Å². The van der Waals surface area contributed by atoms with Crippen molar-refractivity contribution in [3.63, 3.8) is 0 Å². The number of aryl methyl sites for hydroxylation is 1. The summed E-state index contributed by atoms with van der Waals surface area (Å²) >= 11 is 0. The van der Waals surface area contributed by atoms with Crippen molar-refractivity contribution in [3.05, 3.63) is 54.2 Å². The van der Waals surface area contributed by atoms with Crippen molar-refractivity contribution < 1.29 is 13.9 Å². The molecule has 0 bridgehead atoms. The molecule has 0 amide bonds. The molecule has 0 saturated heterocycles. The normalized spacial score (nSPS) is 16.3. The van der Waals surface area contributed by atoms with E-state index in [9.17, 15) is 0 Å². The molecule has 0 unspecified atom stereocenters. The van der Waals surface area contributed by atoms with Crippen LogP contribution in [0.1, 0.15) is 17.7 Å². The average Bonchev–Trinajstić information content (AvgIpc) is 3.21. The lowest BCUT2D eigenvalue weighted by Gasteiger charge is -2.23. The van der Waals surface area contributed by atoms with E-state index in [0.717, 1.165) is 11.4 Å². The lowest BCUT2D eigenvalue weighted by Crippen LogP contribution is -2.21. The van der Waals surface area contributed by atoms with E-state index in [1.54, 1.807) is 0 Å². The van der Waals surface area contributed by atoms with Crippen LogP contribution in [0.3, 0.4) is 0 Å². The van der Waals surface area contributed by atoms with Gasteiger partial charge in [-0.3, -0.25) is 0 Å². The van der Waals surface area contributed by atoms with Gasteiger partial charge in [0.25, 0.3) is 5.89 Å². The van der Waals surface area contributed by atoms with Crippen LogP contribution in [0.25, 0.3) is 0 Å². The van der Waals surface area contributed by atoms with Crippen LogP contribution >= 0.6 is 0 Å². The first-order valence-electron chi connectivity index (χ1n) is 7.35. The number of ether oxygens (including phenoxy) is 2. The van der Waals surface area contributed by atoms with Crippen LogP contribution in [-0.4, -0.2) is 21.4 Å². The predicted molar refractivity (Wildman–Crippen MR) is 82.3 cm³/mol. The SMILES string of the molecule is Cn1cccc1CNc1nnc([C@H]2COc3ccccc3O2)o1. The van der Waals surface area contributed by atoms with Crippen LogP contribution in [0.15, 0.2) is 47.0 Å². The summed E-state index contributed by atoms with van der Waals surface area (Å²) in [5, 5.41) is 11.2. The zero-order valence-corrected chi connectivity index (χ0v) is 12.6. The number of nitrogens with one attached hydrogen (secondary N) is 1. The second-order valence-electron chi connectivity index (χ2n) is 5.27. The molecule has 1 aliphatic rings. The molecule has 3 heterocycles. The Hall–Kier alpha value is -2.96. The second kappa shape index (κ2) is 5.68.